The van der Waals surface area contributed by atoms with Crippen molar-refractivity contribution in [2.75, 3.05) is 0 Å². The number of benzene rings is 2. The summed E-state index contributed by atoms with van der Waals surface area (Å²) in [5.74, 6) is 0.534. The van der Waals surface area contributed by atoms with Crippen molar-refractivity contribution in [3.05, 3.63) is 108 Å². The van der Waals surface area contributed by atoms with E-state index in [2.05, 4.69) is 97.1 Å². The number of fused-ring (bicyclic) bond motifs is 4. The maximum atomic E-state index is 6.13. The van der Waals surface area contributed by atoms with Gasteiger partial charge in [-0.05, 0) is 73.3 Å². The maximum Gasteiger partial charge on any atom is 0.216 e. The van der Waals surface area contributed by atoms with Crippen molar-refractivity contribution in [1.29, 1.82) is 0 Å². The average Bonchev–Trinajstić information content (AvgIpc) is 3.38. The molecule has 0 atom stereocenters. The SMILES string of the molecule is CC(C)c1cc(-c2[c-]cccc2)ncc1[Si](C)(C)C.Cc1ccc2c(n1)oc1c(-c3nccc4c3CCCC4)[c-]ccc12.[Ir]. The molecule has 4 heterocycles. The average molecular weight is 774 g/mol. The molecule has 0 aliphatic heterocycles. The number of furan rings is 1. The van der Waals surface area contributed by atoms with Gasteiger partial charge in [-0.15, -0.1) is 54.1 Å². The van der Waals surface area contributed by atoms with E-state index in [-0.39, 0.29) is 20.1 Å². The predicted molar refractivity (Wildman–Crippen MR) is 181 cm³/mol. The first kappa shape index (κ1) is 32.0. The monoisotopic (exact) mass is 774 g/mol. The number of hydrogen-bond donors (Lipinski definition) is 0. The Morgan fingerprint density at radius 3 is 2.45 bits per heavy atom. The standard InChI is InChI=1S/C21H17N2O.C17H22NSi.Ir/c1-13-9-10-17-16-7-4-8-18(20(16)24-21(17)23-13)19-15-6-3-2-5-14(15)11-12-22-19;1-13(2)15-11-16(14-9-7-6-8-10-14)18-12-17(15)19(3,4)5;/h4,7,9-12H,2-3,5-6H2,1H3;6-9,11-13H,1-5H3;/q2*-1;. The van der Waals surface area contributed by atoms with Crippen LogP contribution in [0.4, 0.5) is 0 Å². The van der Waals surface area contributed by atoms with E-state index in [0.29, 0.717) is 11.6 Å². The van der Waals surface area contributed by atoms with Crippen LogP contribution in [-0.2, 0) is 32.9 Å². The van der Waals surface area contributed by atoms with Crippen LogP contribution in [0, 0.1) is 19.1 Å². The Morgan fingerprint density at radius 1 is 0.886 bits per heavy atom. The van der Waals surface area contributed by atoms with Gasteiger partial charge in [0.2, 0.25) is 5.71 Å². The molecule has 0 N–H and O–H groups in total. The second-order valence-electron chi connectivity index (χ2n) is 12.8. The van der Waals surface area contributed by atoms with Gasteiger partial charge in [-0.25, -0.2) is 4.98 Å². The topological polar surface area (TPSA) is 51.8 Å². The molecule has 6 aromatic rings. The summed E-state index contributed by atoms with van der Waals surface area (Å²) in [4.78, 5) is 13.9. The summed E-state index contributed by atoms with van der Waals surface area (Å²) in [6, 6.07) is 27.2. The van der Waals surface area contributed by atoms with Crippen LogP contribution < -0.4 is 5.19 Å². The van der Waals surface area contributed by atoms with Crippen LogP contribution in [-0.4, -0.2) is 23.0 Å². The fourth-order valence-electron chi connectivity index (χ4n) is 6.04. The van der Waals surface area contributed by atoms with Crippen LogP contribution >= 0.6 is 0 Å². The summed E-state index contributed by atoms with van der Waals surface area (Å²) in [5, 5.41) is 3.61. The molecule has 0 saturated carbocycles. The fraction of sp³-hybridized carbons (Fsp3) is 0.289. The van der Waals surface area contributed by atoms with Crippen LogP contribution in [0.2, 0.25) is 19.6 Å². The molecular weight excluding hydrogens is 735 g/mol. The molecular formula is C38H39IrN3OSi-2. The minimum absolute atomic E-state index is 0. The molecule has 44 heavy (non-hydrogen) atoms. The molecule has 227 valence electrons. The summed E-state index contributed by atoms with van der Waals surface area (Å²) in [7, 11) is -1.34. The zero-order valence-corrected chi connectivity index (χ0v) is 29.8. The Bertz CT molecular complexity index is 1910. The minimum atomic E-state index is -1.34. The number of rotatable bonds is 4. The summed E-state index contributed by atoms with van der Waals surface area (Å²) >= 11 is 0. The first-order valence-electron chi connectivity index (χ1n) is 15.4. The first-order valence-corrected chi connectivity index (χ1v) is 18.9. The van der Waals surface area contributed by atoms with Crippen LogP contribution in [0.1, 0.15) is 55.0 Å². The Hall–Kier alpha value is -3.44. The third kappa shape index (κ3) is 6.49. The maximum absolute atomic E-state index is 6.13. The van der Waals surface area contributed by atoms with E-state index in [9.17, 15) is 0 Å². The normalized spacial score (nSPS) is 12.9. The predicted octanol–water partition coefficient (Wildman–Crippen LogP) is 9.25. The quantitative estimate of drug-likeness (QED) is 0.133. The number of pyridine rings is 3. The molecule has 4 nitrogen and oxygen atoms in total. The van der Waals surface area contributed by atoms with E-state index < -0.39 is 8.07 Å². The summed E-state index contributed by atoms with van der Waals surface area (Å²) in [5.41, 5.74) is 10.8. The van der Waals surface area contributed by atoms with Gasteiger partial charge in [0.15, 0.2) is 0 Å². The van der Waals surface area contributed by atoms with E-state index in [1.807, 2.05) is 43.5 Å². The molecule has 7 rings (SSSR count). The van der Waals surface area contributed by atoms with E-state index in [4.69, 9.17) is 4.42 Å². The van der Waals surface area contributed by atoms with Gasteiger partial charge in [0.1, 0.15) is 0 Å². The van der Waals surface area contributed by atoms with Gasteiger partial charge in [-0.1, -0.05) is 67.2 Å². The fourth-order valence-corrected chi connectivity index (χ4v) is 7.72. The van der Waals surface area contributed by atoms with Crippen LogP contribution in [0.15, 0.2) is 77.5 Å². The van der Waals surface area contributed by atoms with Gasteiger partial charge >= 0.3 is 0 Å². The van der Waals surface area contributed by atoms with Crippen molar-refractivity contribution in [2.45, 2.75) is 72.0 Å². The second kappa shape index (κ2) is 13.3. The summed E-state index contributed by atoms with van der Waals surface area (Å²) < 4.78 is 6.13. The van der Waals surface area contributed by atoms with Crippen LogP contribution in [0.5, 0.6) is 0 Å². The molecule has 0 bridgehead atoms. The summed E-state index contributed by atoms with van der Waals surface area (Å²) in [6.07, 6.45) is 8.72. The third-order valence-electron chi connectivity index (χ3n) is 8.30. The zero-order valence-electron chi connectivity index (χ0n) is 26.4. The largest absolute Gasteiger partial charge is 0.486 e. The van der Waals surface area contributed by atoms with Crippen molar-refractivity contribution in [3.8, 4) is 22.5 Å². The molecule has 0 amide bonds. The number of nitrogens with zero attached hydrogens (tertiary/aromatic N) is 3. The molecule has 4 aromatic heterocycles. The Kier molecular flexibility index (Phi) is 9.64. The number of aryl methyl sites for hydroxylation is 2. The minimum Gasteiger partial charge on any atom is -0.486 e. The van der Waals surface area contributed by atoms with Crippen molar-refractivity contribution < 1.29 is 24.5 Å². The van der Waals surface area contributed by atoms with Gasteiger partial charge in [-0.2, -0.15) is 0 Å². The van der Waals surface area contributed by atoms with Crippen molar-refractivity contribution in [1.82, 2.24) is 15.0 Å². The van der Waals surface area contributed by atoms with Crippen molar-refractivity contribution >= 4 is 35.3 Å². The molecule has 1 radical (unpaired) electrons. The van der Waals surface area contributed by atoms with Gasteiger partial charge < -0.3 is 14.4 Å². The van der Waals surface area contributed by atoms with E-state index in [1.165, 1.54) is 34.7 Å². The Balaban J connectivity index is 0.000000176. The molecule has 1 aliphatic rings. The molecule has 1 aliphatic carbocycles. The van der Waals surface area contributed by atoms with Crippen molar-refractivity contribution in [3.63, 3.8) is 0 Å². The van der Waals surface area contributed by atoms with E-state index in [0.717, 1.165) is 57.4 Å². The molecule has 0 fully saturated rings. The molecule has 2 aromatic carbocycles. The Morgan fingerprint density at radius 2 is 1.70 bits per heavy atom. The number of aromatic nitrogens is 3. The van der Waals surface area contributed by atoms with Crippen LogP contribution in [0.25, 0.3) is 44.6 Å². The Labute approximate surface area is 275 Å². The van der Waals surface area contributed by atoms with Gasteiger partial charge in [0, 0.05) is 43.6 Å². The van der Waals surface area contributed by atoms with E-state index in [1.54, 1.807) is 0 Å². The molecule has 0 unspecified atom stereocenters. The van der Waals surface area contributed by atoms with Crippen LogP contribution in [0.3, 0.4) is 0 Å². The smallest absolute Gasteiger partial charge is 0.216 e. The van der Waals surface area contributed by atoms with Gasteiger partial charge in [0.25, 0.3) is 0 Å². The first-order chi connectivity index (χ1) is 20.7. The molecule has 0 saturated heterocycles. The van der Waals surface area contributed by atoms with Crippen molar-refractivity contribution in [2.24, 2.45) is 0 Å². The zero-order chi connectivity index (χ0) is 30.1. The molecule has 6 heteroatoms. The second-order valence-corrected chi connectivity index (χ2v) is 17.9. The number of hydrogen-bond acceptors (Lipinski definition) is 4. The van der Waals surface area contributed by atoms with Gasteiger partial charge in [0.05, 0.1) is 13.7 Å². The summed E-state index contributed by atoms with van der Waals surface area (Å²) in [6.45, 7) is 13.6. The van der Waals surface area contributed by atoms with Gasteiger partial charge in [-0.3, -0.25) is 0 Å². The third-order valence-corrected chi connectivity index (χ3v) is 10.3. The molecule has 0 spiro atoms. The van der Waals surface area contributed by atoms with E-state index >= 15 is 0 Å².